The van der Waals surface area contributed by atoms with Crippen LogP contribution in [0.1, 0.15) is 38.0 Å². The van der Waals surface area contributed by atoms with Crippen LogP contribution in [-0.2, 0) is 20.7 Å². The Hall–Kier alpha value is -1.16. The zero-order chi connectivity index (χ0) is 13.2. The van der Waals surface area contributed by atoms with Crippen LogP contribution in [0.3, 0.4) is 0 Å². The molecule has 0 N–H and O–H groups in total. The van der Waals surface area contributed by atoms with E-state index in [1.165, 1.54) is 4.88 Å². The van der Waals surface area contributed by atoms with Gasteiger partial charge in [-0.2, -0.15) is 0 Å². The van der Waals surface area contributed by atoms with Crippen molar-refractivity contribution in [3.63, 3.8) is 0 Å². The van der Waals surface area contributed by atoms with Gasteiger partial charge in [-0.1, -0.05) is 19.9 Å². The van der Waals surface area contributed by atoms with Gasteiger partial charge in [-0.3, -0.25) is 9.59 Å². The Morgan fingerprint density at radius 1 is 1.44 bits per heavy atom. The fourth-order valence-electron chi connectivity index (χ4n) is 2.40. The smallest absolute Gasteiger partial charge is 0.313 e. The van der Waals surface area contributed by atoms with Gasteiger partial charge in [-0.15, -0.1) is 11.3 Å². The number of Topliss-reactive ketones (excluding diaryl/α,β-unsaturated/α-hetero) is 1. The molecule has 2 heterocycles. The van der Waals surface area contributed by atoms with E-state index < -0.39 is 5.60 Å². The van der Waals surface area contributed by atoms with Crippen LogP contribution in [0.4, 0.5) is 0 Å². The van der Waals surface area contributed by atoms with Crippen LogP contribution in [0, 0.1) is 5.92 Å². The number of esters is 1. The van der Waals surface area contributed by atoms with E-state index in [9.17, 15) is 9.59 Å². The highest BCUT2D eigenvalue weighted by molar-refractivity contribution is 7.09. The maximum absolute atomic E-state index is 11.7. The largest absolute Gasteiger partial charge is 0.458 e. The molecular formula is C14H18O3S. The van der Waals surface area contributed by atoms with E-state index in [1.807, 2.05) is 25.3 Å². The average Bonchev–Trinajstić information content (AvgIpc) is 2.77. The summed E-state index contributed by atoms with van der Waals surface area (Å²) in [6, 6.07) is 4.09. The van der Waals surface area contributed by atoms with Crippen molar-refractivity contribution in [1.29, 1.82) is 0 Å². The standard InChI is InChI=1S/C14H18O3S/c1-10(2)14(6-5-12-4-3-7-18-12)9-11(15)8-13(16)17-14/h3-4,7,10H,5-6,8-9H2,1-2H3. The van der Waals surface area contributed by atoms with Gasteiger partial charge in [0.1, 0.15) is 17.8 Å². The van der Waals surface area contributed by atoms with Crippen molar-refractivity contribution in [2.45, 2.75) is 45.1 Å². The number of carbonyl (C=O) groups is 2. The summed E-state index contributed by atoms with van der Waals surface area (Å²) in [7, 11) is 0. The minimum atomic E-state index is -0.601. The van der Waals surface area contributed by atoms with E-state index in [0.717, 1.165) is 12.8 Å². The molecule has 18 heavy (non-hydrogen) atoms. The molecule has 4 heteroatoms. The third-order valence-corrected chi connectivity index (χ3v) is 4.52. The van der Waals surface area contributed by atoms with E-state index in [1.54, 1.807) is 11.3 Å². The second-order valence-corrected chi connectivity index (χ2v) is 6.20. The summed E-state index contributed by atoms with van der Waals surface area (Å²) in [5.41, 5.74) is -0.601. The molecule has 1 atom stereocenters. The Kier molecular flexibility index (Phi) is 3.85. The van der Waals surface area contributed by atoms with Crippen LogP contribution < -0.4 is 0 Å². The molecule has 1 aromatic rings. The fraction of sp³-hybridized carbons (Fsp3) is 0.571. The van der Waals surface area contributed by atoms with Crippen molar-refractivity contribution in [3.8, 4) is 0 Å². The van der Waals surface area contributed by atoms with Gasteiger partial charge in [0.25, 0.3) is 0 Å². The molecule has 1 saturated heterocycles. The molecule has 2 rings (SSSR count). The summed E-state index contributed by atoms with van der Waals surface area (Å²) in [6.45, 7) is 4.03. The van der Waals surface area contributed by atoms with E-state index in [-0.39, 0.29) is 24.1 Å². The second kappa shape index (κ2) is 5.22. The van der Waals surface area contributed by atoms with Gasteiger partial charge in [0.05, 0.1) is 0 Å². The van der Waals surface area contributed by atoms with E-state index in [0.29, 0.717) is 6.42 Å². The highest BCUT2D eigenvalue weighted by atomic mass is 32.1. The summed E-state index contributed by atoms with van der Waals surface area (Å²) in [5.74, 6) is -0.206. The zero-order valence-corrected chi connectivity index (χ0v) is 11.6. The van der Waals surface area contributed by atoms with Gasteiger partial charge in [0.15, 0.2) is 0 Å². The summed E-state index contributed by atoms with van der Waals surface area (Å²) in [4.78, 5) is 24.4. The normalized spacial score (nSPS) is 24.4. The molecule has 1 aliphatic heterocycles. The number of aryl methyl sites for hydroxylation is 1. The van der Waals surface area contributed by atoms with Crippen molar-refractivity contribution in [1.82, 2.24) is 0 Å². The van der Waals surface area contributed by atoms with Gasteiger partial charge >= 0.3 is 5.97 Å². The molecule has 1 aliphatic rings. The molecule has 1 fully saturated rings. The minimum Gasteiger partial charge on any atom is -0.458 e. The minimum absolute atomic E-state index is 0.00568. The van der Waals surface area contributed by atoms with Gasteiger partial charge in [-0.05, 0) is 30.2 Å². The number of cyclic esters (lactones) is 1. The first-order valence-corrected chi connectivity index (χ1v) is 7.16. The Balaban J connectivity index is 2.11. The molecule has 0 spiro atoms. The van der Waals surface area contributed by atoms with Gasteiger partial charge in [0.2, 0.25) is 0 Å². The van der Waals surface area contributed by atoms with Crippen molar-refractivity contribution in [2.24, 2.45) is 5.92 Å². The number of rotatable bonds is 4. The molecular weight excluding hydrogens is 248 g/mol. The number of hydrogen-bond donors (Lipinski definition) is 0. The third-order valence-electron chi connectivity index (χ3n) is 3.58. The molecule has 1 aromatic heterocycles. The molecule has 98 valence electrons. The molecule has 0 amide bonds. The molecule has 0 radical (unpaired) electrons. The Labute approximate surface area is 111 Å². The molecule has 3 nitrogen and oxygen atoms in total. The molecule has 0 bridgehead atoms. The van der Waals surface area contributed by atoms with Crippen LogP contribution in [0.5, 0.6) is 0 Å². The van der Waals surface area contributed by atoms with Gasteiger partial charge in [0, 0.05) is 11.3 Å². The Bertz CT molecular complexity index is 418. The van der Waals surface area contributed by atoms with Crippen molar-refractivity contribution in [3.05, 3.63) is 22.4 Å². The maximum atomic E-state index is 11.7. The van der Waals surface area contributed by atoms with Crippen LogP contribution in [0.25, 0.3) is 0 Å². The second-order valence-electron chi connectivity index (χ2n) is 5.17. The topological polar surface area (TPSA) is 43.4 Å². The monoisotopic (exact) mass is 266 g/mol. The van der Waals surface area contributed by atoms with Crippen LogP contribution in [0.2, 0.25) is 0 Å². The number of carbonyl (C=O) groups excluding carboxylic acids is 2. The highest BCUT2D eigenvalue weighted by Crippen LogP contribution is 2.35. The third kappa shape index (κ3) is 2.80. The number of ether oxygens (including phenoxy) is 1. The quantitative estimate of drug-likeness (QED) is 0.621. The average molecular weight is 266 g/mol. The van der Waals surface area contributed by atoms with E-state index in [2.05, 4.69) is 6.07 Å². The lowest BCUT2D eigenvalue weighted by Gasteiger charge is -2.39. The SMILES string of the molecule is CC(C)C1(CCc2cccs2)CC(=O)CC(=O)O1. The van der Waals surface area contributed by atoms with Gasteiger partial charge < -0.3 is 4.74 Å². The van der Waals surface area contributed by atoms with Crippen LogP contribution in [0.15, 0.2) is 17.5 Å². The molecule has 0 saturated carbocycles. The van der Waals surface area contributed by atoms with Crippen LogP contribution >= 0.6 is 11.3 Å². The lowest BCUT2D eigenvalue weighted by molar-refractivity contribution is -0.177. The first-order chi connectivity index (χ1) is 8.52. The molecule has 0 aromatic carbocycles. The Morgan fingerprint density at radius 3 is 2.78 bits per heavy atom. The summed E-state index contributed by atoms with van der Waals surface area (Å²) in [6.07, 6.45) is 1.88. The van der Waals surface area contributed by atoms with Gasteiger partial charge in [-0.25, -0.2) is 0 Å². The number of thiophene rings is 1. The number of hydrogen-bond acceptors (Lipinski definition) is 4. The summed E-state index contributed by atoms with van der Waals surface area (Å²) < 4.78 is 5.55. The van der Waals surface area contributed by atoms with Crippen molar-refractivity contribution < 1.29 is 14.3 Å². The number of ketones is 1. The van der Waals surface area contributed by atoms with Crippen LogP contribution in [-0.4, -0.2) is 17.4 Å². The molecule has 1 unspecified atom stereocenters. The van der Waals surface area contributed by atoms with Crippen molar-refractivity contribution >= 4 is 23.1 Å². The Morgan fingerprint density at radius 2 is 2.22 bits per heavy atom. The van der Waals surface area contributed by atoms with E-state index >= 15 is 0 Å². The lowest BCUT2D eigenvalue weighted by atomic mass is 9.79. The van der Waals surface area contributed by atoms with E-state index in [4.69, 9.17) is 4.74 Å². The predicted molar refractivity (Wildman–Crippen MR) is 70.5 cm³/mol. The van der Waals surface area contributed by atoms with Crippen molar-refractivity contribution in [2.75, 3.05) is 0 Å². The predicted octanol–water partition coefficient (Wildman–Crippen LogP) is 2.98. The zero-order valence-electron chi connectivity index (χ0n) is 10.8. The summed E-state index contributed by atoms with van der Waals surface area (Å²) in [5, 5.41) is 2.04. The fourth-order valence-corrected chi connectivity index (χ4v) is 3.10. The summed E-state index contributed by atoms with van der Waals surface area (Å²) >= 11 is 1.70. The first kappa shape index (κ1) is 13.3. The highest BCUT2D eigenvalue weighted by Gasteiger charge is 2.43. The first-order valence-electron chi connectivity index (χ1n) is 6.28. The maximum Gasteiger partial charge on any atom is 0.313 e. The lowest BCUT2D eigenvalue weighted by Crippen LogP contribution is -2.47. The molecule has 0 aliphatic carbocycles.